The molecule has 2 aliphatic rings. The maximum absolute atomic E-state index is 13.3. The smallest absolute Gasteiger partial charge is 0.308 e. The first-order chi connectivity index (χ1) is 9.56. The lowest BCUT2D eigenvalue weighted by Gasteiger charge is -2.37. The molecule has 0 bridgehead atoms. The summed E-state index contributed by atoms with van der Waals surface area (Å²) in [6.45, 7) is 0.260. The summed E-state index contributed by atoms with van der Waals surface area (Å²) >= 11 is 0. The van der Waals surface area contributed by atoms with Gasteiger partial charge in [0.1, 0.15) is 5.82 Å². The third kappa shape index (κ3) is 2.17. The number of aryl methyl sites for hydroxylation is 1. The van der Waals surface area contributed by atoms with Crippen molar-refractivity contribution in [1.82, 2.24) is 4.90 Å². The van der Waals surface area contributed by atoms with E-state index < -0.39 is 11.9 Å². The van der Waals surface area contributed by atoms with Crippen LogP contribution < -0.4 is 0 Å². The Hall–Kier alpha value is -1.91. The van der Waals surface area contributed by atoms with E-state index in [4.69, 9.17) is 5.11 Å². The topological polar surface area (TPSA) is 57.6 Å². The van der Waals surface area contributed by atoms with Crippen molar-refractivity contribution in [2.75, 3.05) is 6.54 Å². The van der Waals surface area contributed by atoms with Crippen LogP contribution in [0.1, 0.15) is 35.2 Å². The highest BCUT2D eigenvalue weighted by atomic mass is 19.1. The highest BCUT2D eigenvalue weighted by molar-refractivity contribution is 5.96. The van der Waals surface area contributed by atoms with Crippen LogP contribution in [-0.4, -0.2) is 34.5 Å². The number of hydrogen-bond acceptors (Lipinski definition) is 2. The number of fused-ring (bicyclic) bond motifs is 2. The first kappa shape index (κ1) is 13.1. The van der Waals surface area contributed by atoms with Gasteiger partial charge in [-0.05, 0) is 49.4 Å². The number of carboxylic acids is 1. The Labute approximate surface area is 116 Å². The van der Waals surface area contributed by atoms with Crippen LogP contribution in [0.5, 0.6) is 0 Å². The molecule has 0 spiro atoms. The third-order valence-electron chi connectivity index (χ3n) is 4.36. The maximum atomic E-state index is 13.3. The third-order valence-corrected chi connectivity index (χ3v) is 4.36. The standard InChI is InChI=1S/C15H16FNO3/c16-11-3-6-13-9(7-11)1-4-12-5-2-10(15(19)20)8-17(12)14(13)18/h3,6-7,10,12H,1-2,4-5,8H2,(H,19,20)/t10-,12-/m0/s1. The lowest BCUT2D eigenvalue weighted by atomic mass is 9.91. The monoisotopic (exact) mass is 277 g/mol. The molecule has 1 aromatic rings. The van der Waals surface area contributed by atoms with Gasteiger partial charge < -0.3 is 10.0 Å². The number of halogens is 1. The van der Waals surface area contributed by atoms with Crippen LogP contribution in [0.4, 0.5) is 4.39 Å². The molecule has 0 unspecified atom stereocenters. The summed E-state index contributed by atoms with van der Waals surface area (Å²) in [4.78, 5) is 25.4. The number of hydrogen-bond donors (Lipinski definition) is 1. The number of carbonyl (C=O) groups is 2. The number of benzene rings is 1. The summed E-state index contributed by atoms with van der Waals surface area (Å²) < 4.78 is 13.3. The van der Waals surface area contributed by atoms with Gasteiger partial charge in [0.15, 0.2) is 0 Å². The molecular weight excluding hydrogens is 261 g/mol. The largest absolute Gasteiger partial charge is 0.481 e. The van der Waals surface area contributed by atoms with E-state index in [9.17, 15) is 14.0 Å². The summed E-state index contributed by atoms with van der Waals surface area (Å²) in [6, 6.07) is 4.30. The predicted molar refractivity (Wildman–Crippen MR) is 69.9 cm³/mol. The van der Waals surface area contributed by atoms with E-state index in [0.29, 0.717) is 24.8 Å². The van der Waals surface area contributed by atoms with Gasteiger partial charge in [0.25, 0.3) is 5.91 Å². The molecule has 2 atom stereocenters. The van der Waals surface area contributed by atoms with Crippen molar-refractivity contribution in [3.63, 3.8) is 0 Å². The zero-order valence-electron chi connectivity index (χ0n) is 11.0. The Morgan fingerprint density at radius 3 is 2.85 bits per heavy atom. The molecule has 1 saturated heterocycles. The Kier molecular flexibility index (Phi) is 3.20. The molecule has 0 radical (unpaired) electrons. The van der Waals surface area contributed by atoms with Crippen molar-refractivity contribution in [3.8, 4) is 0 Å². The van der Waals surface area contributed by atoms with E-state index in [2.05, 4.69) is 0 Å². The van der Waals surface area contributed by atoms with Gasteiger partial charge in [-0.3, -0.25) is 9.59 Å². The SMILES string of the molecule is O=C(O)[C@H]1CC[C@@H]2CCc3cc(F)ccc3C(=O)N2C1. The predicted octanol–water partition coefficient (Wildman–Crippen LogP) is 2.08. The number of carboxylic acid groups (broad SMARTS) is 1. The minimum atomic E-state index is -0.847. The van der Waals surface area contributed by atoms with Gasteiger partial charge in [-0.1, -0.05) is 0 Å². The second-order valence-electron chi connectivity index (χ2n) is 5.56. The maximum Gasteiger partial charge on any atom is 0.308 e. The van der Waals surface area contributed by atoms with Crippen LogP contribution >= 0.6 is 0 Å². The molecule has 0 saturated carbocycles. The number of aliphatic carboxylic acids is 1. The lowest BCUT2D eigenvalue weighted by Crippen LogP contribution is -2.47. The van der Waals surface area contributed by atoms with Crippen LogP contribution in [0.15, 0.2) is 18.2 Å². The molecule has 4 nitrogen and oxygen atoms in total. The van der Waals surface area contributed by atoms with Gasteiger partial charge in [0, 0.05) is 18.2 Å². The zero-order valence-corrected chi connectivity index (χ0v) is 11.0. The van der Waals surface area contributed by atoms with Gasteiger partial charge in [-0.2, -0.15) is 0 Å². The second kappa shape index (κ2) is 4.89. The highest BCUT2D eigenvalue weighted by Gasteiger charge is 2.37. The van der Waals surface area contributed by atoms with Crippen molar-refractivity contribution in [1.29, 1.82) is 0 Å². The summed E-state index contributed by atoms with van der Waals surface area (Å²) in [5, 5.41) is 9.13. The first-order valence-corrected chi connectivity index (χ1v) is 6.88. The fourth-order valence-electron chi connectivity index (χ4n) is 3.23. The molecule has 1 fully saturated rings. The highest BCUT2D eigenvalue weighted by Crippen LogP contribution is 2.31. The summed E-state index contributed by atoms with van der Waals surface area (Å²) in [7, 11) is 0. The van der Waals surface area contributed by atoms with Crippen LogP contribution in [0.25, 0.3) is 0 Å². The number of carbonyl (C=O) groups excluding carboxylic acids is 1. The van der Waals surface area contributed by atoms with Crippen molar-refractivity contribution in [3.05, 3.63) is 35.1 Å². The molecule has 1 amide bonds. The minimum Gasteiger partial charge on any atom is -0.481 e. The fourth-order valence-corrected chi connectivity index (χ4v) is 3.23. The molecule has 20 heavy (non-hydrogen) atoms. The molecule has 1 aromatic carbocycles. The van der Waals surface area contributed by atoms with E-state index in [1.54, 1.807) is 4.90 Å². The van der Waals surface area contributed by atoms with E-state index in [-0.39, 0.29) is 24.3 Å². The van der Waals surface area contributed by atoms with E-state index >= 15 is 0 Å². The quantitative estimate of drug-likeness (QED) is 0.855. The van der Waals surface area contributed by atoms with E-state index in [1.807, 2.05) is 0 Å². The van der Waals surface area contributed by atoms with Gasteiger partial charge in [0.2, 0.25) is 0 Å². The molecule has 5 heteroatoms. The van der Waals surface area contributed by atoms with Crippen molar-refractivity contribution in [2.45, 2.75) is 31.7 Å². The first-order valence-electron chi connectivity index (χ1n) is 6.88. The summed E-state index contributed by atoms with van der Waals surface area (Å²) in [5.74, 6) is -1.83. The van der Waals surface area contributed by atoms with Crippen LogP contribution in [0.3, 0.4) is 0 Å². The van der Waals surface area contributed by atoms with Crippen LogP contribution in [0.2, 0.25) is 0 Å². The minimum absolute atomic E-state index is 0.0774. The van der Waals surface area contributed by atoms with Gasteiger partial charge in [0.05, 0.1) is 5.92 Å². The van der Waals surface area contributed by atoms with Gasteiger partial charge in [-0.25, -0.2) is 4.39 Å². The number of nitrogens with zero attached hydrogens (tertiary/aromatic N) is 1. The normalized spacial score (nSPS) is 25.6. The Morgan fingerprint density at radius 1 is 1.30 bits per heavy atom. The zero-order chi connectivity index (χ0) is 14.3. The summed E-state index contributed by atoms with van der Waals surface area (Å²) in [5.41, 5.74) is 1.25. The van der Waals surface area contributed by atoms with Crippen LogP contribution in [-0.2, 0) is 11.2 Å². The van der Waals surface area contributed by atoms with E-state index in [0.717, 1.165) is 12.0 Å². The number of piperidine rings is 1. The lowest BCUT2D eigenvalue weighted by molar-refractivity contribution is -0.143. The Balaban J connectivity index is 1.93. The summed E-state index contributed by atoms with van der Waals surface area (Å²) in [6.07, 6.45) is 2.75. The van der Waals surface area contributed by atoms with Gasteiger partial charge in [-0.15, -0.1) is 0 Å². The van der Waals surface area contributed by atoms with Crippen molar-refractivity contribution >= 4 is 11.9 Å². The molecule has 2 aliphatic heterocycles. The molecule has 3 rings (SSSR count). The Morgan fingerprint density at radius 2 is 2.10 bits per heavy atom. The fraction of sp³-hybridized carbons (Fsp3) is 0.467. The van der Waals surface area contributed by atoms with E-state index in [1.165, 1.54) is 18.2 Å². The molecular formula is C15H16FNO3. The molecule has 2 heterocycles. The molecule has 0 aromatic heterocycles. The van der Waals surface area contributed by atoms with Gasteiger partial charge >= 0.3 is 5.97 Å². The number of amides is 1. The molecule has 106 valence electrons. The second-order valence-corrected chi connectivity index (χ2v) is 5.56. The van der Waals surface area contributed by atoms with Crippen molar-refractivity contribution in [2.24, 2.45) is 5.92 Å². The molecule has 1 N–H and O–H groups in total. The average Bonchev–Trinajstić information content (AvgIpc) is 2.56. The average molecular weight is 277 g/mol. The van der Waals surface area contributed by atoms with Crippen LogP contribution in [0, 0.1) is 11.7 Å². The Bertz CT molecular complexity index is 572. The van der Waals surface area contributed by atoms with Crippen molar-refractivity contribution < 1.29 is 19.1 Å². The number of rotatable bonds is 1. The molecule has 0 aliphatic carbocycles.